The number of anilines is 2. The third-order valence-electron chi connectivity index (χ3n) is 2.48. The highest BCUT2D eigenvalue weighted by Gasteiger charge is 2.18. The van der Waals surface area contributed by atoms with Crippen LogP contribution < -0.4 is 10.6 Å². The summed E-state index contributed by atoms with van der Waals surface area (Å²) in [6, 6.07) is 3.45. The summed E-state index contributed by atoms with van der Waals surface area (Å²) in [5.41, 5.74) is 2.71. The minimum absolute atomic E-state index is 0.118. The Bertz CT molecular complexity index is 469. The zero-order chi connectivity index (χ0) is 11.7. The molecule has 0 atom stereocenters. The predicted molar refractivity (Wildman–Crippen MR) is 59.6 cm³/mol. The van der Waals surface area contributed by atoms with Gasteiger partial charge in [0, 0.05) is 0 Å². The number of carbonyl (C=O) groups is 2. The van der Waals surface area contributed by atoms with Crippen molar-refractivity contribution in [3.63, 3.8) is 0 Å². The molecule has 1 aliphatic rings. The fourth-order valence-corrected chi connectivity index (χ4v) is 1.66. The van der Waals surface area contributed by atoms with E-state index in [0.29, 0.717) is 11.3 Å². The normalized spacial score (nSPS) is 13.5. The standard InChI is InChI=1S/C11H12N2O3/c1-6-3-8-9(13-10(14)5-12-8)4-7(6)11(15)16-2/h3-4,12H,5H2,1-2H3,(H,13,14). The van der Waals surface area contributed by atoms with Crippen LogP contribution in [-0.2, 0) is 9.53 Å². The number of fused-ring (bicyclic) bond motifs is 1. The van der Waals surface area contributed by atoms with Gasteiger partial charge < -0.3 is 15.4 Å². The predicted octanol–water partition coefficient (Wildman–Crippen LogP) is 1.15. The van der Waals surface area contributed by atoms with Crippen LogP contribution in [0.15, 0.2) is 12.1 Å². The minimum Gasteiger partial charge on any atom is -0.465 e. The second-order valence-corrected chi connectivity index (χ2v) is 3.61. The van der Waals surface area contributed by atoms with Crippen molar-refractivity contribution in [1.29, 1.82) is 0 Å². The average molecular weight is 220 g/mol. The smallest absolute Gasteiger partial charge is 0.338 e. The highest BCUT2D eigenvalue weighted by molar-refractivity contribution is 6.03. The van der Waals surface area contributed by atoms with Gasteiger partial charge in [-0.05, 0) is 24.6 Å². The number of benzene rings is 1. The average Bonchev–Trinajstić information content (AvgIpc) is 2.28. The molecule has 2 rings (SSSR count). The number of aryl methyl sites for hydroxylation is 1. The molecule has 1 aromatic rings. The van der Waals surface area contributed by atoms with Crippen molar-refractivity contribution in [3.8, 4) is 0 Å². The first kappa shape index (κ1) is 10.5. The fraction of sp³-hybridized carbons (Fsp3) is 0.273. The zero-order valence-corrected chi connectivity index (χ0v) is 9.09. The topological polar surface area (TPSA) is 67.4 Å². The summed E-state index contributed by atoms with van der Waals surface area (Å²) in [5.74, 6) is -0.521. The maximum atomic E-state index is 11.4. The van der Waals surface area contributed by atoms with Crippen LogP contribution in [0.3, 0.4) is 0 Å². The quantitative estimate of drug-likeness (QED) is 0.696. The lowest BCUT2D eigenvalue weighted by molar-refractivity contribution is -0.114. The molecule has 5 heteroatoms. The molecule has 0 aromatic heterocycles. The van der Waals surface area contributed by atoms with Crippen molar-refractivity contribution < 1.29 is 14.3 Å². The number of ether oxygens (including phenoxy) is 1. The summed E-state index contributed by atoms with van der Waals surface area (Å²) in [5, 5.41) is 5.67. The van der Waals surface area contributed by atoms with E-state index < -0.39 is 5.97 Å². The van der Waals surface area contributed by atoms with Gasteiger partial charge in [0.15, 0.2) is 0 Å². The van der Waals surface area contributed by atoms with E-state index in [2.05, 4.69) is 15.4 Å². The molecule has 1 heterocycles. The number of carbonyl (C=O) groups excluding carboxylic acids is 2. The highest BCUT2D eigenvalue weighted by atomic mass is 16.5. The van der Waals surface area contributed by atoms with Crippen LogP contribution in [0.25, 0.3) is 0 Å². The van der Waals surface area contributed by atoms with Gasteiger partial charge in [-0.1, -0.05) is 0 Å². The van der Waals surface area contributed by atoms with E-state index in [1.807, 2.05) is 13.0 Å². The van der Waals surface area contributed by atoms with Gasteiger partial charge >= 0.3 is 5.97 Å². The fourth-order valence-electron chi connectivity index (χ4n) is 1.66. The molecular weight excluding hydrogens is 208 g/mol. The summed E-state index contributed by atoms with van der Waals surface area (Å²) < 4.78 is 4.66. The molecule has 0 aliphatic carbocycles. The number of nitrogens with one attached hydrogen (secondary N) is 2. The van der Waals surface area contributed by atoms with Gasteiger partial charge in [-0.3, -0.25) is 4.79 Å². The van der Waals surface area contributed by atoms with Crippen LogP contribution in [0.1, 0.15) is 15.9 Å². The van der Waals surface area contributed by atoms with Gasteiger partial charge in [0.2, 0.25) is 5.91 Å². The molecule has 0 unspecified atom stereocenters. The summed E-state index contributed by atoms with van der Waals surface area (Å²) in [6.45, 7) is 2.08. The molecule has 1 aromatic carbocycles. The molecule has 1 amide bonds. The summed E-state index contributed by atoms with van der Waals surface area (Å²) >= 11 is 0. The molecule has 16 heavy (non-hydrogen) atoms. The monoisotopic (exact) mass is 220 g/mol. The van der Waals surface area contributed by atoms with Crippen LogP contribution in [0.4, 0.5) is 11.4 Å². The Kier molecular flexibility index (Phi) is 2.52. The first-order valence-electron chi connectivity index (χ1n) is 4.88. The molecular formula is C11H12N2O3. The highest BCUT2D eigenvalue weighted by Crippen LogP contribution is 2.28. The van der Waals surface area contributed by atoms with E-state index in [9.17, 15) is 9.59 Å². The zero-order valence-electron chi connectivity index (χ0n) is 9.09. The SMILES string of the molecule is COC(=O)c1cc2c(cc1C)NCC(=O)N2. The summed E-state index contributed by atoms with van der Waals surface area (Å²) in [7, 11) is 1.33. The van der Waals surface area contributed by atoms with Crippen LogP contribution in [-0.4, -0.2) is 25.5 Å². The Balaban J connectivity index is 2.46. The second kappa shape index (κ2) is 3.84. The molecule has 1 aliphatic heterocycles. The molecule has 5 nitrogen and oxygen atoms in total. The lowest BCUT2D eigenvalue weighted by Gasteiger charge is -2.20. The van der Waals surface area contributed by atoms with Gasteiger partial charge in [0.1, 0.15) is 0 Å². The Morgan fingerprint density at radius 3 is 2.81 bits per heavy atom. The van der Waals surface area contributed by atoms with E-state index in [-0.39, 0.29) is 12.5 Å². The van der Waals surface area contributed by atoms with Crippen molar-refractivity contribution in [2.24, 2.45) is 0 Å². The second-order valence-electron chi connectivity index (χ2n) is 3.61. The molecule has 0 bridgehead atoms. The van der Waals surface area contributed by atoms with E-state index in [0.717, 1.165) is 11.3 Å². The van der Waals surface area contributed by atoms with Crippen LogP contribution >= 0.6 is 0 Å². The molecule has 0 saturated carbocycles. The van der Waals surface area contributed by atoms with Crippen LogP contribution in [0, 0.1) is 6.92 Å². The number of hydrogen-bond donors (Lipinski definition) is 2. The number of hydrogen-bond acceptors (Lipinski definition) is 4. The minimum atomic E-state index is -0.403. The van der Waals surface area contributed by atoms with Gasteiger partial charge in [-0.25, -0.2) is 4.79 Å². The maximum Gasteiger partial charge on any atom is 0.338 e. The maximum absolute atomic E-state index is 11.4. The van der Waals surface area contributed by atoms with Crippen molar-refractivity contribution in [2.45, 2.75) is 6.92 Å². The number of methoxy groups -OCH3 is 1. The first-order valence-corrected chi connectivity index (χ1v) is 4.88. The Labute approximate surface area is 92.8 Å². The number of rotatable bonds is 1. The van der Waals surface area contributed by atoms with Gasteiger partial charge in [0.05, 0.1) is 30.6 Å². The summed E-state index contributed by atoms with van der Waals surface area (Å²) in [6.07, 6.45) is 0. The van der Waals surface area contributed by atoms with Crippen molar-refractivity contribution in [2.75, 3.05) is 24.3 Å². The van der Waals surface area contributed by atoms with Gasteiger partial charge in [0.25, 0.3) is 0 Å². The molecule has 2 N–H and O–H groups in total. The van der Waals surface area contributed by atoms with E-state index in [1.54, 1.807) is 6.07 Å². The van der Waals surface area contributed by atoms with Crippen LogP contribution in [0.2, 0.25) is 0 Å². The molecule has 0 fully saturated rings. The Morgan fingerprint density at radius 2 is 2.12 bits per heavy atom. The molecule has 84 valence electrons. The van der Waals surface area contributed by atoms with E-state index in [1.165, 1.54) is 7.11 Å². The lowest BCUT2D eigenvalue weighted by atomic mass is 10.1. The van der Waals surface area contributed by atoms with Crippen molar-refractivity contribution in [1.82, 2.24) is 0 Å². The van der Waals surface area contributed by atoms with Gasteiger partial charge in [-0.2, -0.15) is 0 Å². The van der Waals surface area contributed by atoms with Crippen molar-refractivity contribution >= 4 is 23.3 Å². The molecule has 0 radical (unpaired) electrons. The van der Waals surface area contributed by atoms with E-state index in [4.69, 9.17) is 0 Å². The third kappa shape index (κ3) is 1.71. The largest absolute Gasteiger partial charge is 0.465 e. The third-order valence-corrected chi connectivity index (χ3v) is 2.48. The van der Waals surface area contributed by atoms with Gasteiger partial charge in [-0.15, -0.1) is 0 Å². The van der Waals surface area contributed by atoms with Crippen molar-refractivity contribution in [3.05, 3.63) is 23.3 Å². The number of amides is 1. The first-order chi connectivity index (χ1) is 7.61. The molecule has 0 saturated heterocycles. The Morgan fingerprint density at radius 1 is 1.38 bits per heavy atom. The van der Waals surface area contributed by atoms with E-state index >= 15 is 0 Å². The Hall–Kier alpha value is -2.04. The molecule has 0 spiro atoms. The summed E-state index contributed by atoms with van der Waals surface area (Å²) in [4.78, 5) is 22.6. The van der Waals surface area contributed by atoms with Crippen LogP contribution in [0.5, 0.6) is 0 Å². The number of esters is 1. The lowest BCUT2D eigenvalue weighted by Crippen LogP contribution is -2.27.